The predicted octanol–water partition coefficient (Wildman–Crippen LogP) is 1.88. The second-order valence-corrected chi connectivity index (χ2v) is 5.71. The first-order valence-electron chi connectivity index (χ1n) is 8.73. The lowest BCUT2D eigenvalue weighted by Crippen LogP contribution is -2.42. The first-order chi connectivity index (χ1) is 11.8. The van der Waals surface area contributed by atoms with E-state index in [2.05, 4.69) is 52.8 Å². The summed E-state index contributed by atoms with van der Waals surface area (Å²) in [6, 6.07) is 10.9. The highest BCUT2D eigenvalue weighted by atomic mass is 127. The number of nitrogens with zero attached hydrogens (tertiary/aromatic N) is 2. The lowest BCUT2D eigenvalue weighted by atomic mass is 10.1. The summed E-state index contributed by atoms with van der Waals surface area (Å²) in [5.74, 6) is 0.837. The van der Waals surface area contributed by atoms with Crippen LogP contribution in [0, 0.1) is 0 Å². The molecular weight excluding hydrogens is 431 g/mol. The van der Waals surface area contributed by atoms with Gasteiger partial charge in [0.1, 0.15) is 0 Å². The smallest absolute Gasteiger partial charge is 0.191 e. The molecule has 142 valence electrons. The molecule has 7 heteroatoms. The Labute approximate surface area is 168 Å². The average molecular weight is 462 g/mol. The molecule has 1 fully saturated rings. The van der Waals surface area contributed by atoms with Crippen molar-refractivity contribution in [2.45, 2.75) is 13.0 Å². The van der Waals surface area contributed by atoms with Crippen LogP contribution in [0.1, 0.15) is 18.5 Å². The van der Waals surface area contributed by atoms with Crippen LogP contribution < -0.4 is 10.6 Å². The zero-order valence-electron chi connectivity index (χ0n) is 15.2. The number of guanidine groups is 1. The van der Waals surface area contributed by atoms with Crippen LogP contribution >= 0.6 is 24.0 Å². The third-order valence-corrected chi connectivity index (χ3v) is 4.04. The van der Waals surface area contributed by atoms with Crippen LogP contribution in [0.2, 0.25) is 0 Å². The van der Waals surface area contributed by atoms with Gasteiger partial charge in [0.15, 0.2) is 5.96 Å². The SMILES string of the molecule is CCNC(=NCC(c1ccccc1)N1CCOCC1)NCCOC.I. The summed E-state index contributed by atoms with van der Waals surface area (Å²) in [6.07, 6.45) is 0. The molecule has 1 unspecified atom stereocenters. The Balaban J connectivity index is 0.00000312. The van der Waals surface area contributed by atoms with Gasteiger partial charge in [0.25, 0.3) is 0 Å². The summed E-state index contributed by atoms with van der Waals surface area (Å²) in [6.45, 7) is 8.51. The number of aliphatic imine (C=N–C) groups is 1. The zero-order valence-corrected chi connectivity index (χ0v) is 17.6. The molecule has 1 aliphatic rings. The van der Waals surface area contributed by atoms with Crippen molar-refractivity contribution in [2.75, 3.05) is 59.7 Å². The van der Waals surface area contributed by atoms with Crippen LogP contribution in [-0.4, -0.2) is 70.5 Å². The van der Waals surface area contributed by atoms with E-state index in [0.717, 1.165) is 45.4 Å². The van der Waals surface area contributed by atoms with Crippen molar-refractivity contribution < 1.29 is 9.47 Å². The Hall–Kier alpha value is -0.900. The van der Waals surface area contributed by atoms with Gasteiger partial charge < -0.3 is 20.1 Å². The fraction of sp³-hybridized carbons (Fsp3) is 0.611. The Morgan fingerprint density at radius 1 is 1.24 bits per heavy atom. The summed E-state index contributed by atoms with van der Waals surface area (Å²) >= 11 is 0. The van der Waals surface area contributed by atoms with Gasteiger partial charge in [0.2, 0.25) is 0 Å². The van der Waals surface area contributed by atoms with Crippen LogP contribution in [0.5, 0.6) is 0 Å². The van der Waals surface area contributed by atoms with Crippen LogP contribution in [-0.2, 0) is 9.47 Å². The summed E-state index contributed by atoms with van der Waals surface area (Å²) in [7, 11) is 1.70. The molecule has 0 spiro atoms. The molecule has 0 saturated carbocycles. The van der Waals surface area contributed by atoms with Gasteiger partial charge in [-0.25, -0.2) is 0 Å². The normalized spacial score (nSPS) is 16.8. The first-order valence-corrected chi connectivity index (χ1v) is 8.73. The Bertz CT molecular complexity index is 481. The zero-order chi connectivity index (χ0) is 17.0. The van der Waals surface area contributed by atoms with Crippen molar-refractivity contribution in [2.24, 2.45) is 4.99 Å². The Morgan fingerprint density at radius 3 is 2.60 bits per heavy atom. The van der Waals surface area contributed by atoms with Crippen LogP contribution in [0.4, 0.5) is 0 Å². The van der Waals surface area contributed by atoms with Crippen molar-refractivity contribution in [1.82, 2.24) is 15.5 Å². The van der Waals surface area contributed by atoms with Crippen molar-refractivity contribution in [3.63, 3.8) is 0 Å². The van der Waals surface area contributed by atoms with Crippen molar-refractivity contribution in [3.8, 4) is 0 Å². The fourth-order valence-electron chi connectivity index (χ4n) is 2.79. The highest BCUT2D eigenvalue weighted by molar-refractivity contribution is 14.0. The van der Waals surface area contributed by atoms with Gasteiger partial charge in [-0.15, -0.1) is 24.0 Å². The Kier molecular flexibility index (Phi) is 11.8. The van der Waals surface area contributed by atoms with Gasteiger partial charge in [-0.1, -0.05) is 30.3 Å². The van der Waals surface area contributed by atoms with E-state index in [-0.39, 0.29) is 30.0 Å². The first kappa shape index (κ1) is 22.1. The van der Waals surface area contributed by atoms with E-state index >= 15 is 0 Å². The second-order valence-electron chi connectivity index (χ2n) is 5.71. The molecule has 25 heavy (non-hydrogen) atoms. The van der Waals surface area contributed by atoms with Gasteiger partial charge in [-0.05, 0) is 12.5 Å². The molecule has 0 aromatic heterocycles. The molecule has 1 saturated heterocycles. The highest BCUT2D eigenvalue weighted by Crippen LogP contribution is 2.22. The molecule has 2 rings (SSSR count). The van der Waals surface area contributed by atoms with E-state index in [1.165, 1.54) is 5.56 Å². The number of benzene rings is 1. The number of nitrogens with one attached hydrogen (secondary N) is 2. The summed E-state index contributed by atoms with van der Waals surface area (Å²) in [5.41, 5.74) is 1.30. The molecule has 6 nitrogen and oxygen atoms in total. The number of morpholine rings is 1. The Morgan fingerprint density at radius 2 is 1.96 bits per heavy atom. The molecule has 1 aromatic rings. The number of hydrogen-bond acceptors (Lipinski definition) is 4. The molecule has 0 aliphatic carbocycles. The molecule has 1 aliphatic heterocycles. The lowest BCUT2D eigenvalue weighted by Gasteiger charge is -2.34. The monoisotopic (exact) mass is 462 g/mol. The van der Waals surface area contributed by atoms with Crippen LogP contribution in [0.25, 0.3) is 0 Å². The maximum atomic E-state index is 5.50. The largest absolute Gasteiger partial charge is 0.383 e. The number of halogens is 1. The van der Waals surface area contributed by atoms with E-state index in [9.17, 15) is 0 Å². The topological polar surface area (TPSA) is 58.1 Å². The predicted molar refractivity (Wildman–Crippen MR) is 113 cm³/mol. The minimum atomic E-state index is 0. The molecule has 0 amide bonds. The van der Waals surface area contributed by atoms with Crippen molar-refractivity contribution in [1.29, 1.82) is 0 Å². The van der Waals surface area contributed by atoms with Gasteiger partial charge in [0, 0.05) is 33.3 Å². The number of ether oxygens (including phenoxy) is 2. The minimum Gasteiger partial charge on any atom is -0.383 e. The number of hydrogen-bond donors (Lipinski definition) is 2. The molecule has 1 heterocycles. The highest BCUT2D eigenvalue weighted by Gasteiger charge is 2.22. The molecule has 2 N–H and O–H groups in total. The molecule has 1 atom stereocenters. The van der Waals surface area contributed by atoms with Crippen molar-refractivity contribution >= 4 is 29.9 Å². The van der Waals surface area contributed by atoms with Crippen LogP contribution in [0.3, 0.4) is 0 Å². The molecular formula is C18H31IN4O2. The summed E-state index contributed by atoms with van der Waals surface area (Å²) in [5, 5.41) is 6.59. The molecule has 1 aromatic carbocycles. The number of methoxy groups -OCH3 is 1. The van der Waals surface area contributed by atoms with E-state index < -0.39 is 0 Å². The van der Waals surface area contributed by atoms with Gasteiger partial charge in [-0.2, -0.15) is 0 Å². The van der Waals surface area contributed by atoms with E-state index in [0.29, 0.717) is 13.2 Å². The maximum Gasteiger partial charge on any atom is 0.191 e. The second kappa shape index (κ2) is 13.3. The quantitative estimate of drug-likeness (QED) is 0.268. The third kappa shape index (κ3) is 7.89. The van der Waals surface area contributed by atoms with Gasteiger partial charge in [-0.3, -0.25) is 9.89 Å². The fourth-order valence-corrected chi connectivity index (χ4v) is 2.79. The van der Waals surface area contributed by atoms with E-state index in [1.54, 1.807) is 7.11 Å². The lowest BCUT2D eigenvalue weighted by molar-refractivity contribution is 0.0179. The van der Waals surface area contributed by atoms with Gasteiger partial charge in [0.05, 0.1) is 32.4 Å². The van der Waals surface area contributed by atoms with E-state index in [1.807, 2.05) is 0 Å². The maximum absolute atomic E-state index is 5.50. The molecule has 0 radical (unpaired) electrons. The standard InChI is InChI=1S/C18H30N4O2.HI/c1-3-19-18(20-9-12-23-2)21-15-17(16-7-5-4-6-8-16)22-10-13-24-14-11-22;/h4-8,17H,3,9-15H2,1-2H3,(H2,19,20,21);1H. The number of rotatable bonds is 8. The minimum absolute atomic E-state index is 0. The van der Waals surface area contributed by atoms with Crippen LogP contribution in [0.15, 0.2) is 35.3 Å². The molecule has 0 bridgehead atoms. The summed E-state index contributed by atoms with van der Waals surface area (Å²) in [4.78, 5) is 7.25. The average Bonchev–Trinajstić information content (AvgIpc) is 2.64. The third-order valence-electron chi connectivity index (χ3n) is 4.04. The summed E-state index contributed by atoms with van der Waals surface area (Å²) < 4.78 is 10.6. The van der Waals surface area contributed by atoms with E-state index in [4.69, 9.17) is 14.5 Å². The van der Waals surface area contributed by atoms with Gasteiger partial charge >= 0.3 is 0 Å². The van der Waals surface area contributed by atoms with Crippen molar-refractivity contribution in [3.05, 3.63) is 35.9 Å².